The number of ether oxygens (including phenoxy) is 1. The van der Waals surface area contributed by atoms with E-state index >= 15 is 0 Å². The summed E-state index contributed by atoms with van der Waals surface area (Å²) in [6, 6.07) is 10.3. The van der Waals surface area contributed by atoms with E-state index in [-0.39, 0.29) is 0 Å². The molecule has 0 aliphatic carbocycles. The van der Waals surface area contributed by atoms with E-state index in [0.717, 1.165) is 38.8 Å². The summed E-state index contributed by atoms with van der Waals surface area (Å²) in [4.78, 5) is 10.1. The molecule has 2 nitrogen and oxygen atoms in total. The van der Waals surface area contributed by atoms with Gasteiger partial charge in [-0.2, -0.15) is 0 Å². The second kappa shape index (κ2) is 11.0. The summed E-state index contributed by atoms with van der Waals surface area (Å²) in [5.41, 5.74) is 1.24. The van der Waals surface area contributed by atoms with Crippen LogP contribution in [-0.4, -0.2) is 12.9 Å². The molecule has 0 radical (unpaired) electrons. The molecule has 0 saturated carbocycles. The van der Waals surface area contributed by atoms with Gasteiger partial charge in [-0.05, 0) is 18.4 Å². The second-order valence-electron chi connectivity index (χ2n) is 4.61. The lowest BCUT2D eigenvalue weighted by Crippen LogP contribution is -1.95. The molecule has 0 amide bonds. The first-order chi connectivity index (χ1) is 8.93. The standard InChI is InChI=1S/C16H24O2/c17-13-9-4-2-1-3-5-10-14-18-15-16-11-7-6-8-12-16/h6-8,11-13H,1-5,9-10,14-15H2. The summed E-state index contributed by atoms with van der Waals surface area (Å²) in [6.45, 7) is 1.57. The lowest BCUT2D eigenvalue weighted by Gasteiger charge is -2.04. The number of unbranched alkanes of at least 4 members (excludes halogenated alkanes) is 6. The van der Waals surface area contributed by atoms with Gasteiger partial charge in [-0.15, -0.1) is 0 Å². The molecule has 2 heteroatoms. The highest BCUT2D eigenvalue weighted by Gasteiger charge is 1.93. The maximum absolute atomic E-state index is 10.1. The van der Waals surface area contributed by atoms with Crippen molar-refractivity contribution in [1.82, 2.24) is 0 Å². The van der Waals surface area contributed by atoms with Crippen molar-refractivity contribution in [1.29, 1.82) is 0 Å². The van der Waals surface area contributed by atoms with Crippen molar-refractivity contribution in [3.63, 3.8) is 0 Å². The Bertz CT molecular complexity index is 295. The van der Waals surface area contributed by atoms with E-state index in [1.807, 2.05) is 18.2 Å². The Morgan fingerprint density at radius 1 is 0.889 bits per heavy atom. The molecule has 0 bridgehead atoms. The normalized spacial score (nSPS) is 10.4. The predicted octanol–water partition coefficient (Wildman–Crippen LogP) is 4.13. The fourth-order valence-electron chi connectivity index (χ4n) is 1.90. The maximum Gasteiger partial charge on any atom is 0.119 e. The zero-order valence-corrected chi connectivity index (χ0v) is 11.1. The Morgan fingerprint density at radius 2 is 1.56 bits per heavy atom. The van der Waals surface area contributed by atoms with Gasteiger partial charge in [0, 0.05) is 13.0 Å². The van der Waals surface area contributed by atoms with Crippen LogP contribution in [0.25, 0.3) is 0 Å². The number of aldehydes is 1. The lowest BCUT2D eigenvalue weighted by molar-refractivity contribution is -0.107. The predicted molar refractivity (Wildman–Crippen MR) is 74.5 cm³/mol. The third-order valence-electron chi connectivity index (χ3n) is 2.97. The van der Waals surface area contributed by atoms with E-state index < -0.39 is 0 Å². The van der Waals surface area contributed by atoms with Gasteiger partial charge in [0.25, 0.3) is 0 Å². The third kappa shape index (κ3) is 8.02. The van der Waals surface area contributed by atoms with Crippen LogP contribution in [0.3, 0.4) is 0 Å². The van der Waals surface area contributed by atoms with Crippen molar-refractivity contribution < 1.29 is 9.53 Å². The SMILES string of the molecule is O=CCCCCCCCCOCc1ccccc1. The van der Waals surface area contributed by atoms with Gasteiger partial charge >= 0.3 is 0 Å². The van der Waals surface area contributed by atoms with Crippen LogP contribution in [0.4, 0.5) is 0 Å². The lowest BCUT2D eigenvalue weighted by atomic mass is 10.1. The minimum Gasteiger partial charge on any atom is -0.377 e. The molecule has 1 aromatic rings. The molecule has 18 heavy (non-hydrogen) atoms. The van der Waals surface area contributed by atoms with Crippen molar-refractivity contribution >= 4 is 6.29 Å². The minimum absolute atomic E-state index is 0.722. The quantitative estimate of drug-likeness (QED) is 0.434. The van der Waals surface area contributed by atoms with Crippen molar-refractivity contribution in [2.24, 2.45) is 0 Å². The van der Waals surface area contributed by atoms with Crippen LogP contribution >= 0.6 is 0 Å². The first-order valence-electron chi connectivity index (χ1n) is 6.99. The molecular formula is C16H24O2. The molecule has 100 valence electrons. The van der Waals surface area contributed by atoms with Crippen molar-refractivity contribution in [3.8, 4) is 0 Å². The largest absolute Gasteiger partial charge is 0.377 e. The summed E-state index contributed by atoms with van der Waals surface area (Å²) in [5.74, 6) is 0. The van der Waals surface area contributed by atoms with Crippen molar-refractivity contribution in [2.45, 2.75) is 51.6 Å². The highest BCUT2D eigenvalue weighted by Crippen LogP contribution is 2.07. The fourth-order valence-corrected chi connectivity index (χ4v) is 1.90. The van der Waals surface area contributed by atoms with E-state index in [9.17, 15) is 4.79 Å². The van der Waals surface area contributed by atoms with Crippen molar-refractivity contribution in [3.05, 3.63) is 35.9 Å². The Morgan fingerprint density at radius 3 is 2.28 bits per heavy atom. The molecule has 0 unspecified atom stereocenters. The van der Waals surface area contributed by atoms with E-state index in [1.165, 1.54) is 31.2 Å². The van der Waals surface area contributed by atoms with Gasteiger partial charge in [0.15, 0.2) is 0 Å². The highest BCUT2D eigenvalue weighted by atomic mass is 16.5. The summed E-state index contributed by atoms with van der Waals surface area (Å²) in [7, 11) is 0. The fraction of sp³-hybridized carbons (Fsp3) is 0.562. The van der Waals surface area contributed by atoms with E-state index in [0.29, 0.717) is 0 Å². The molecule has 0 aromatic heterocycles. The summed E-state index contributed by atoms with van der Waals surface area (Å²) in [6.07, 6.45) is 8.84. The van der Waals surface area contributed by atoms with Crippen LogP contribution in [0.5, 0.6) is 0 Å². The first-order valence-corrected chi connectivity index (χ1v) is 6.99. The van der Waals surface area contributed by atoms with Crippen LogP contribution in [-0.2, 0) is 16.1 Å². The summed E-state index contributed by atoms with van der Waals surface area (Å²) < 4.78 is 5.62. The molecule has 1 aromatic carbocycles. The van der Waals surface area contributed by atoms with Gasteiger partial charge in [-0.25, -0.2) is 0 Å². The molecule has 0 spiro atoms. The number of benzene rings is 1. The van der Waals surface area contributed by atoms with Gasteiger partial charge < -0.3 is 9.53 Å². The molecule has 0 aliphatic rings. The number of hydrogen-bond acceptors (Lipinski definition) is 2. The zero-order chi connectivity index (χ0) is 12.9. The van der Waals surface area contributed by atoms with Crippen LogP contribution in [0, 0.1) is 0 Å². The van der Waals surface area contributed by atoms with Crippen LogP contribution in [0.15, 0.2) is 30.3 Å². The third-order valence-corrected chi connectivity index (χ3v) is 2.97. The van der Waals surface area contributed by atoms with Gasteiger partial charge in [0.1, 0.15) is 6.29 Å². The van der Waals surface area contributed by atoms with Gasteiger partial charge in [-0.3, -0.25) is 0 Å². The molecule has 0 saturated heterocycles. The molecule has 0 aliphatic heterocycles. The highest BCUT2D eigenvalue weighted by molar-refractivity contribution is 5.48. The Labute approximate surface area is 110 Å². The zero-order valence-electron chi connectivity index (χ0n) is 11.1. The van der Waals surface area contributed by atoms with E-state index in [1.54, 1.807) is 0 Å². The Hall–Kier alpha value is -1.15. The van der Waals surface area contributed by atoms with Crippen molar-refractivity contribution in [2.75, 3.05) is 6.61 Å². The molecule has 1 rings (SSSR count). The minimum atomic E-state index is 0.722. The number of carbonyl (C=O) groups excluding carboxylic acids is 1. The topological polar surface area (TPSA) is 26.3 Å². The van der Waals surface area contributed by atoms with Gasteiger partial charge in [0.2, 0.25) is 0 Å². The monoisotopic (exact) mass is 248 g/mol. The Balaban J connectivity index is 1.83. The number of hydrogen-bond donors (Lipinski definition) is 0. The first kappa shape index (κ1) is 14.9. The second-order valence-corrected chi connectivity index (χ2v) is 4.61. The van der Waals surface area contributed by atoms with Crippen LogP contribution in [0.2, 0.25) is 0 Å². The van der Waals surface area contributed by atoms with Gasteiger partial charge in [0.05, 0.1) is 6.61 Å². The molecular weight excluding hydrogens is 224 g/mol. The van der Waals surface area contributed by atoms with Crippen LogP contribution in [0.1, 0.15) is 50.5 Å². The van der Waals surface area contributed by atoms with Crippen LogP contribution < -0.4 is 0 Å². The van der Waals surface area contributed by atoms with E-state index in [2.05, 4.69) is 12.1 Å². The smallest absolute Gasteiger partial charge is 0.119 e. The van der Waals surface area contributed by atoms with Gasteiger partial charge in [-0.1, -0.05) is 56.0 Å². The van der Waals surface area contributed by atoms with E-state index in [4.69, 9.17) is 4.74 Å². The average Bonchev–Trinajstić information content (AvgIpc) is 2.42. The molecule has 0 fully saturated rings. The summed E-state index contributed by atoms with van der Waals surface area (Å²) in [5, 5.41) is 0. The maximum atomic E-state index is 10.1. The Kier molecular flexibility index (Phi) is 9.09. The summed E-state index contributed by atoms with van der Waals surface area (Å²) >= 11 is 0. The average molecular weight is 248 g/mol. The number of carbonyl (C=O) groups is 1. The molecule has 0 N–H and O–H groups in total. The molecule has 0 heterocycles. The number of rotatable bonds is 11. The molecule has 0 atom stereocenters.